The monoisotopic (exact) mass is 333 g/mol. The molecule has 0 amide bonds. The Balaban J connectivity index is 2.34. The highest BCUT2D eigenvalue weighted by molar-refractivity contribution is 7.12. The number of carbonyl (C=O) groups excluding carboxylic acids is 1. The van der Waals surface area contributed by atoms with Gasteiger partial charge >= 0.3 is 0 Å². The minimum atomic E-state index is -1.94. The third kappa shape index (κ3) is 3.42. The van der Waals surface area contributed by atoms with Crippen molar-refractivity contribution in [3.05, 3.63) is 46.2 Å². The maximum absolute atomic E-state index is 12.5. The van der Waals surface area contributed by atoms with Crippen LogP contribution in [-0.4, -0.2) is 14.1 Å². The molecule has 0 aliphatic rings. The molecule has 2 N–H and O–H groups in total. The Kier molecular flexibility index (Phi) is 4.49. The van der Waals surface area contributed by atoms with Gasteiger partial charge in [-0.1, -0.05) is 26.8 Å². The van der Waals surface area contributed by atoms with Crippen molar-refractivity contribution < 1.29 is 9.22 Å². The smallest absolute Gasteiger partial charge is 0.250 e. The second-order valence-electron chi connectivity index (χ2n) is 6.92. The molecule has 1 aromatic heterocycles. The Morgan fingerprint density at radius 3 is 2.45 bits per heavy atom. The molecule has 118 valence electrons. The first-order valence-electron chi connectivity index (χ1n) is 7.28. The van der Waals surface area contributed by atoms with Crippen LogP contribution in [0.5, 0.6) is 5.75 Å². The third-order valence-corrected chi connectivity index (χ3v) is 9.42. The first-order valence-corrected chi connectivity index (χ1v) is 11.1. The largest absolute Gasteiger partial charge is 0.543 e. The van der Waals surface area contributed by atoms with Gasteiger partial charge in [-0.3, -0.25) is 4.79 Å². The van der Waals surface area contributed by atoms with Gasteiger partial charge in [-0.15, -0.1) is 11.3 Å². The van der Waals surface area contributed by atoms with Crippen LogP contribution in [0, 0.1) is 0 Å². The summed E-state index contributed by atoms with van der Waals surface area (Å²) >= 11 is 1.42. The number of nitrogens with two attached hydrogens (primary N) is 1. The Morgan fingerprint density at radius 1 is 1.23 bits per heavy atom. The van der Waals surface area contributed by atoms with E-state index in [1.54, 1.807) is 12.1 Å². The first kappa shape index (κ1) is 16.8. The van der Waals surface area contributed by atoms with Crippen LogP contribution in [0.15, 0.2) is 35.7 Å². The van der Waals surface area contributed by atoms with Crippen LogP contribution < -0.4 is 10.2 Å². The van der Waals surface area contributed by atoms with E-state index in [-0.39, 0.29) is 10.8 Å². The average molecular weight is 334 g/mol. The van der Waals surface area contributed by atoms with Crippen molar-refractivity contribution in [3.8, 4) is 5.75 Å². The summed E-state index contributed by atoms with van der Waals surface area (Å²) in [7, 11) is -1.94. The van der Waals surface area contributed by atoms with E-state index in [0.29, 0.717) is 16.1 Å². The Bertz CT molecular complexity index is 672. The molecule has 1 aromatic carbocycles. The van der Waals surface area contributed by atoms with E-state index in [0.717, 1.165) is 5.75 Å². The molecule has 1 heterocycles. The maximum atomic E-state index is 12.5. The lowest BCUT2D eigenvalue weighted by molar-refractivity contribution is 0.104. The molecule has 0 radical (unpaired) electrons. The molecular weight excluding hydrogens is 310 g/mol. The van der Waals surface area contributed by atoms with Gasteiger partial charge in [0.05, 0.1) is 4.88 Å². The minimum Gasteiger partial charge on any atom is -0.543 e. The van der Waals surface area contributed by atoms with Crippen LogP contribution in [0.2, 0.25) is 18.1 Å². The summed E-state index contributed by atoms with van der Waals surface area (Å²) in [5, 5.41) is 1.99. The van der Waals surface area contributed by atoms with Crippen molar-refractivity contribution in [3.63, 3.8) is 0 Å². The summed E-state index contributed by atoms with van der Waals surface area (Å²) in [6.07, 6.45) is 0. The standard InChI is InChI=1S/C17H23NO2SSi/c1-17(2,3)22(4,5)20-12-8-9-14(18)13(11-12)16(19)15-7-6-10-21-15/h6-11H,18H2,1-5H3. The lowest BCUT2D eigenvalue weighted by atomic mass is 10.1. The fraction of sp³-hybridized carbons (Fsp3) is 0.353. The van der Waals surface area contributed by atoms with Crippen molar-refractivity contribution in [2.45, 2.75) is 38.9 Å². The molecule has 0 aliphatic carbocycles. The predicted molar refractivity (Wildman–Crippen MR) is 96.4 cm³/mol. The van der Waals surface area contributed by atoms with E-state index in [4.69, 9.17) is 10.2 Å². The van der Waals surface area contributed by atoms with Crippen molar-refractivity contribution >= 4 is 31.1 Å². The summed E-state index contributed by atoms with van der Waals surface area (Å²) in [4.78, 5) is 13.2. The van der Waals surface area contributed by atoms with Crippen LogP contribution in [0.25, 0.3) is 0 Å². The molecule has 2 rings (SSSR count). The molecular formula is C17H23NO2SSi. The highest BCUT2D eigenvalue weighted by atomic mass is 32.1. The zero-order valence-electron chi connectivity index (χ0n) is 13.8. The molecule has 5 heteroatoms. The van der Waals surface area contributed by atoms with Crippen LogP contribution >= 0.6 is 11.3 Å². The lowest BCUT2D eigenvalue weighted by Crippen LogP contribution is -2.43. The molecule has 0 bridgehead atoms. The van der Waals surface area contributed by atoms with Crippen molar-refractivity contribution in [2.75, 3.05) is 5.73 Å². The molecule has 0 fully saturated rings. The first-order chi connectivity index (χ1) is 10.1. The molecule has 22 heavy (non-hydrogen) atoms. The van der Waals surface area contributed by atoms with Crippen LogP contribution in [0.4, 0.5) is 5.69 Å². The number of rotatable bonds is 4. The number of benzene rings is 1. The number of nitrogen functional groups attached to an aromatic ring is 1. The van der Waals surface area contributed by atoms with Crippen molar-refractivity contribution in [2.24, 2.45) is 0 Å². The molecule has 0 saturated heterocycles. The Morgan fingerprint density at radius 2 is 1.91 bits per heavy atom. The van der Waals surface area contributed by atoms with Gasteiger partial charge in [0.25, 0.3) is 0 Å². The van der Waals surface area contributed by atoms with Gasteiger partial charge in [-0.05, 0) is 47.8 Å². The number of hydrogen-bond acceptors (Lipinski definition) is 4. The van der Waals surface area contributed by atoms with Gasteiger partial charge in [0.2, 0.25) is 14.1 Å². The SMILES string of the molecule is CC(C)(C)[Si](C)(C)Oc1ccc(N)c(C(=O)c2cccs2)c1. The molecule has 2 aromatic rings. The van der Waals surface area contributed by atoms with E-state index in [2.05, 4.69) is 33.9 Å². The number of ketones is 1. The summed E-state index contributed by atoms with van der Waals surface area (Å²) in [6.45, 7) is 10.9. The number of carbonyl (C=O) groups is 1. The van der Waals surface area contributed by atoms with E-state index in [1.165, 1.54) is 11.3 Å². The predicted octanol–water partition coefficient (Wildman–Crippen LogP) is 4.95. The molecule has 0 atom stereocenters. The maximum Gasteiger partial charge on any atom is 0.250 e. The highest BCUT2D eigenvalue weighted by Crippen LogP contribution is 2.38. The fourth-order valence-electron chi connectivity index (χ4n) is 1.78. The fourth-order valence-corrected chi connectivity index (χ4v) is 3.48. The van der Waals surface area contributed by atoms with E-state index in [1.807, 2.05) is 23.6 Å². The minimum absolute atomic E-state index is 0.0480. The van der Waals surface area contributed by atoms with Gasteiger partial charge in [0, 0.05) is 11.3 Å². The zero-order valence-corrected chi connectivity index (χ0v) is 15.6. The second kappa shape index (κ2) is 5.89. The second-order valence-corrected chi connectivity index (χ2v) is 12.6. The normalized spacial score (nSPS) is 12.2. The molecule has 0 spiro atoms. The van der Waals surface area contributed by atoms with Gasteiger partial charge in [-0.25, -0.2) is 0 Å². The molecule has 0 aliphatic heterocycles. The quantitative estimate of drug-likeness (QED) is 0.489. The Hall–Kier alpha value is -1.59. The van der Waals surface area contributed by atoms with Crippen LogP contribution in [0.1, 0.15) is 36.0 Å². The highest BCUT2D eigenvalue weighted by Gasteiger charge is 2.39. The summed E-state index contributed by atoms with van der Waals surface area (Å²) in [5.74, 6) is 0.675. The van der Waals surface area contributed by atoms with Crippen LogP contribution in [-0.2, 0) is 0 Å². The average Bonchev–Trinajstić information content (AvgIpc) is 2.92. The summed E-state index contributed by atoms with van der Waals surface area (Å²) in [5.41, 5.74) is 6.99. The number of anilines is 1. The van der Waals surface area contributed by atoms with Gasteiger partial charge in [0.15, 0.2) is 0 Å². The number of thiophene rings is 1. The van der Waals surface area contributed by atoms with E-state index >= 15 is 0 Å². The van der Waals surface area contributed by atoms with E-state index < -0.39 is 8.32 Å². The summed E-state index contributed by atoms with van der Waals surface area (Å²) in [6, 6.07) is 9.06. The molecule has 0 unspecified atom stereocenters. The third-order valence-electron chi connectivity index (χ3n) is 4.19. The van der Waals surface area contributed by atoms with Gasteiger partial charge in [-0.2, -0.15) is 0 Å². The Labute approximate surface area is 137 Å². The summed E-state index contributed by atoms with van der Waals surface area (Å²) < 4.78 is 6.26. The van der Waals surface area contributed by atoms with Crippen LogP contribution in [0.3, 0.4) is 0 Å². The zero-order chi connectivity index (χ0) is 16.5. The molecule has 3 nitrogen and oxygen atoms in total. The van der Waals surface area contributed by atoms with Gasteiger partial charge in [0.1, 0.15) is 5.75 Å². The number of hydrogen-bond donors (Lipinski definition) is 1. The van der Waals surface area contributed by atoms with E-state index in [9.17, 15) is 4.79 Å². The lowest BCUT2D eigenvalue weighted by Gasteiger charge is -2.36. The molecule has 0 saturated carbocycles. The van der Waals surface area contributed by atoms with Crippen molar-refractivity contribution in [1.29, 1.82) is 0 Å². The van der Waals surface area contributed by atoms with Gasteiger partial charge < -0.3 is 10.2 Å². The topological polar surface area (TPSA) is 52.3 Å². The van der Waals surface area contributed by atoms with Crippen molar-refractivity contribution in [1.82, 2.24) is 0 Å².